The van der Waals surface area contributed by atoms with Gasteiger partial charge in [-0.2, -0.15) is 11.8 Å². The van der Waals surface area contributed by atoms with Gasteiger partial charge in [-0.15, -0.1) is 0 Å². The predicted octanol–water partition coefficient (Wildman–Crippen LogP) is 0.405. The number of rotatable bonds is 15. The molecular formula is C29H39N5O7S. The number of carbonyl (C=O) groups is 5. The van der Waals surface area contributed by atoms with Crippen LogP contribution in [0.3, 0.4) is 0 Å². The molecule has 0 bridgehead atoms. The fraction of sp³-hybridized carbons (Fsp3) is 0.414. The molecule has 0 saturated heterocycles. The van der Waals surface area contributed by atoms with E-state index in [1.54, 1.807) is 42.5 Å². The number of carbonyl (C=O) groups excluding carboxylic acids is 4. The van der Waals surface area contributed by atoms with Crippen LogP contribution >= 0.6 is 11.8 Å². The molecule has 0 aliphatic heterocycles. The van der Waals surface area contributed by atoms with Crippen molar-refractivity contribution in [1.82, 2.24) is 15.5 Å². The number of carboxylic acid groups (broad SMARTS) is 1. The molecule has 228 valence electrons. The van der Waals surface area contributed by atoms with Crippen LogP contribution in [0.4, 0.5) is 0 Å². The van der Waals surface area contributed by atoms with Crippen molar-refractivity contribution >= 4 is 41.4 Å². The predicted molar refractivity (Wildman–Crippen MR) is 159 cm³/mol. The number of nitrogens with zero attached hydrogens (tertiary/aromatic N) is 1. The summed E-state index contributed by atoms with van der Waals surface area (Å²) < 4.78 is 0. The van der Waals surface area contributed by atoms with E-state index in [2.05, 4.69) is 10.6 Å². The summed E-state index contributed by atoms with van der Waals surface area (Å²) in [5.41, 5.74) is 11.9. The van der Waals surface area contributed by atoms with Gasteiger partial charge in [0.15, 0.2) is 0 Å². The van der Waals surface area contributed by atoms with E-state index in [9.17, 15) is 34.2 Å². The first kappa shape index (κ1) is 34.3. The monoisotopic (exact) mass is 601 g/mol. The van der Waals surface area contributed by atoms with Gasteiger partial charge in [-0.25, -0.2) is 4.79 Å². The first-order valence-corrected chi connectivity index (χ1v) is 14.7. The van der Waals surface area contributed by atoms with Crippen LogP contribution in [0.25, 0.3) is 0 Å². The minimum Gasteiger partial charge on any atom is -0.508 e. The van der Waals surface area contributed by atoms with E-state index in [-0.39, 0.29) is 25.0 Å². The minimum absolute atomic E-state index is 0.0151. The first-order chi connectivity index (χ1) is 19.7. The zero-order valence-electron chi connectivity index (χ0n) is 23.9. The molecule has 3 atom stereocenters. The molecule has 42 heavy (non-hydrogen) atoms. The molecule has 2 rings (SSSR count). The SMILES string of the molecule is CSCC[C@H](NC(=O)[C@H](Cc1ccccc1)NC(=O)CN(C(=O)[C@@H](N)Cc1ccc(O)cc1)C(=O)C(C)(C)N)C(=O)O. The summed E-state index contributed by atoms with van der Waals surface area (Å²) in [5, 5.41) is 24.1. The summed E-state index contributed by atoms with van der Waals surface area (Å²) >= 11 is 1.43. The largest absolute Gasteiger partial charge is 0.508 e. The summed E-state index contributed by atoms with van der Waals surface area (Å²) in [5.74, 6) is -3.96. The molecule has 0 aliphatic rings. The molecule has 2 aromatic rings. The number of hydrogen-bond acceptors (Lipinski definition) is 9. The number of amides is 4. The van der Waals surface area contributed by atoms with Gasteiger partial charge in [-0.05, 0) is 62.0 Å². The number of carboxylic acids is 1. The quantitative estimate of drug-likeness (QED) is 0.166. The summed E-state index contributed by atoms with van der Waals surface area (Å²) in [6, 6.07) is 11.2. The number of aliphatic carboxylic acids is 1. The number of phenolic OH excluding ortho intramolecular Hbond substituents is 1. The highest BCUT2D eigenvalue weighted by Crippen LogP contribution is 2.13. The molecule has 0 aromatic heterocycles. The van der Waals surface area contributed by atoms with Crippen LogP contribution in [0.1, 0.15) is 31.4 Å². The summed E-state index contributed by atoms with van der Waals surface area (Å²) in [6.45, 7) is 1.99. The van der Waals surface area contributed by atoms with Gasteiger partial charge >= 0.3 is 5.97 Å². The van der Waals surface area contributed by atoms with E-state index in [4.69, 9.17) is 11.5 Å². The Morgan fingerprint density at radius 3 is 2.07 bits per heavy atom. The highest BCUT2D eigenvalue weighted by Gasteiger charge is 2.36. The standard InChI is InChI=1S/C29H39N5O7S/c1-29(2,31)28(41)34(26(38)21(30)15-19-9-11-20(35)12-10-19)17-24(36)32-23(16-18-7-5-4-6-8-18)25(37)33-22(27(39)40)13-14-42-3/h4-12,21-23,35H,13-17,30-31H2,1-3H3,(H,32,36)(H,33,37)(H,39,40)/t21-,22-,23-/m0/s1. The molecule has 0 fully saturated rings. The van der Waals surface area contributed by atoms with Crippen LogP contribution in [0, 0.1) is 0 Å². The summed E-state index contributed by atoms with van der Waals surface area (Å²) in [7, 11) is 0. The third kappa shape index (κ3) is 10.8. The maximum atomic E-state index is 13.3. The Morgan fingerprint density at radius 1 is 0.929 bits per heavy atom. The lowest BCUT2D eigenvalue weighted by molar-refractivity contribution is -0.151. The van der Waals surface area contributed by atoms with E-state index < -0.39 is 59.8 Å². The molecule has 0 heterocycles. The van der Waals surface area contributed by atoms with E-state index >= 15 is 0 Å². The first-order valence-electron chi connectivity index (χ1n) is 13.3. The lowest BCUT2D eigenvalue weighted by Crippen LogP contribution is -2.60. The average Bonchev–Trinajstić information content (AvgIpc) is 2.93. The Bertz CT molecular complexity index is 1240. The molecule has 0 aliphatic carbocycles. The third-order valence-corrected chi connectivity index (χ3v) is 6.88. The maximum Gasteiger partial charge on any atom is 0.326 e. The van der Waals surface area contributed by atoms with Gasteiger partial charge in [0, 0.05) is 6.42 Å². The van der Waals surface area contributed by atoms with Gasteiger partial charge in [-0.1, -0.05) is 42.5 Å². The van der Waals surface area contributed by atoms with Crippen LogP contribution in [-0.2, 0) is 36.8 Å². The Labute approximate surface area is 249 Å². The number of benzene rings is 2. The Hall–Kier alpha value is -3.94. The number of imide groups is 1. The molecule has 4 amide bonds. The smallest absolute Gasteiger partial charge is 0.326 e. The van der Waals surface area contributed by atoms with Crippen molar-refractivity contribution in [1.29, 1.82) is 0 Å². The Morgan fingerprint density at radius 2 is 1.52 bits per heavy atom. The lowest BCUT2D eigenvalue weighted by Gasteiger charge is -2.30. The molecule has 0 saturated carbocycles. The normalized spacial score (nSPS) is 13.4. The van der Waals surface area contributed by atoms with Crippen LogP contribution in [-0.4, -0.2) is 86.9 Å². The lowest BCUT2D eigenvalue weighted by atomic mass is 10.0. The zero-order valence-corrected chi connectivity index (χ0v) is 24.7. The number of nitrogens with one attached hydrogen (secondary N) is 2. The summed E-state index contributed by atoms with van der Waals surface area (Å²) in [4.78, 5) is 65.3. The number of nitrogens with two attached hydrogens (primary N) is 2. The van der Waals surface area contributed by atoms with Crippen molar-refractivity contribution in [3.63, 3.8) is 0 Å². The van der Waals surface area contributed by atoms with Crippen molar-refractivity contribution in [2.24, 2.45) is 11.5 Å². The number of phenols is 1. The second-order valence-corrected chi connectivity index (χ2v) is 11.4. The fourth-order valence-corrected chi connectivity index (χ4v) is 4.45. The Kier molecular flexibility index (Phi) is 13.0. The highest BCUT2D eigenvalue weighted by atomic mass is 32.2. The van der Waals surface area contributed by atoms with Crippen molar-refractivity contribution in [3.8, 4) is 5.75 Å². The molecule has 8 N–H and O–H groups in total. The van der Waals surface area contributed by atoms with Crippen molar-refractivity contribution in [3.05, 3.63) is 65.7 Å². The summed E-state index contributed by atoms with van der Waals surface area (Å²) in [6.07, 6.45) is 2.03. The van der Waals surface area contributed by atoms with Gasteiger partial charge in [0.25, 0.3) is 0 Å². The Balaban J connectivity index is 2.27. The van der Waals surface area contributed by atoms with E-state index in [1.165, 1.54) is 37.7 Å². The van der Waals surface area contributed by atoms with Crippen LogP contribution in [0.2, 0.25) is 0 Å². The van der Waals surface area contributed by atoms with Crippen LogP contribution in [0.5, 0.6) is 5.75 Å². The highest BCUT2D eigenvalue weighted by molar-refractivity contribution is 7.98. The molecule has 0 radical (unpaired) electrons. The van der Waals surface area contributed by atoms with Gasteiger partial charge in [-0.3, -0.25) is 24.1 Å². The molecule has 2 aromatic carbocycles. The molecule has 13 heteroatoms. The van der Waals surface area contributed by atoms with Crippen molar-refractivity contribution in [2.45, 2.75) is 56.8 Å². The van der Waals surface area contributed by atoms with Crippen molar-refractivity contribution in [2.75, 3.05) is 18.6 Å². The van der Waals surface area contributed by atoms with Crippen LogP contribution < -0.4 is 22.1 Å². The van der Waals surface area contributed by atoms with Crippen molar-refractivity contribution < 1.29 is 34.2 Å². The zero-order chi connectivity index (χ0) is 31.4. The number of thioether (sulfide) groups is 1. The van der Waals surface area contributed by atoms with Gasteiger partial charge in [0.05, 0.1) is 11.6 Å². The third-order valence-electron chi connectivity index (χ3n) is 6.23. The number of aromatic hydroxyl groups is 1. The second kappa shape index (κ2) is 15.9. The second-order valence-electron chi connectivity index (χ2n) is 10.4. The minimum atomic E-state index is -1.53. The maximum absolute atomic E-state index is 13.3. The topological polar surface area (TPSA) is 205 Å². The fourth-order valence-electron chi connectivity index (χ4n) is 3.98. The molecule has 0 spiro atoms. The van der Waals surface area contributed by atoms with E-state index in [1.807, 2.05) is 6.26 Å². The number of hydrogen-bond donors (Lipinski definition) is 6. The molecular weight excluding hydrogens is 562 g/mol. The average molecular weight is 602 g/mol. The van der Waals surface area contributed by atoms with Gasteiger partial charge in [0.1, 0.15) is 24.4 Å². The molecule has 0 unspecified atom stereocenters. The van der Waals surface area contributed by atoms with E-state index in [0.29, 0.717) is 21.8 Å². The van der Waals surface area contributed by atoms with E-state index in [0.717, 1.165) is 0 Å². The van der Waals surface area contributed by atoms with Gasteiger partial charge < -0.3 is 32.3 Å². The van der Waals surface area contributed by atoms with Crippen LogP contribution in [0.15, 0.2) is 54.6 Å². The molecule has 12 nitrogen and oxygen atoms in total. The van der Waals surface area contributed by atoms with Gasteiger partial charge in [0.2, 0.25) is 23.6 Å².